The maximum absolute atomic E-state index is 12.5. The molecular weight excluding hydrogens is 384 g/mol. The minimum absolute atomic E-state index is 0.153. The Balaban J connectivity index is 1.83. The lowest BCUT2D eigenvalue weighted by Crippen LogP contribution is -2.40. The molecule has 0 radical (unpaired) electrons. The highest BCUT2D eigenvalue weighted by atomic mass is 16.5. The Morgan fingerprint density at radius 3 is 2.27 bits per heavy atom. The Kier molecular flexibility index (Phi) is 8.87. The highest BCUT2D eigenvalue weighted by Crippen LogP contribution is 2.18. The number of methoxy groups -OCH3 is 1. The molecule has 2 atom stereocenters. The van der Waals surface area contributed by atoms with Crippen LogP contribution in [-0.4, -0.2) is 37.5 Å². The molecule has 7 nitrogen and oxygen atoms in total. The molecule has 0 spiro atoms. The fraction of sp³-hybridized carbons (Fsp3) is 0.348. The van der Waals surface area contributed by atoms with Crippen LogP contribution in [0, 0.1) is 0 Å². The first kappa shape index (κ1) is 22.9. The minimum atomic E-state index is -0.974. The van der Waals surface area contributed by atoms with E-state index in [1.807, 2.05) is 37.3 Å². The molecule has 30 heavy (non-hydrogen) atoms. The van der Waals surface area contributed by atoms with E-state index in [9.17, 15) is 14.4 Å². The summed E-state index contributed by atoms with van der Waals surface area (Å²) in [6.07, 6.45) is 0.693. The van der Waals surface area contributed by atoms with Crippen molar-refractivity contribution in [2.75, 3.05) is 13.7 Å². The number of hydrogen-bond acceptors (Lipinski definition) is 5. The maximum Gasteiger partial charge on any atom is 0.326 e. The van der Waals surface area contributed by atoms with Gasteiger partial charge >= 0.3 is 5.97 Å². The van der Waals surface area contributed by atoms with Crippen LogP contribution in [0.2, 0.25) is 0 Å². The van der Waals surface area contributed by atoms with Gasteiger partial charge in [-0.25, -0.2) is 0 Å². The predicted molar refractivity (Wildman–Crippen MR) is 113 cm³/mol. The summed E-state index contributed by atoms with van der Waals surface area (Å²) >= 11 is 0. The summed E-state index contributed by atoms with van der Waals surface area (Å²) in [4.78, 5) is 36.6. The van der Waals surface area contributed by atoms with Crippen molar-refractivity contribution in [1.82, 2.24) is 10.6 Å². The first-order valence-corrected chi connectivity index (χ1v) is 9.91. The van der Waals surface area contributed by atoms with Gasteiger partial charge in [0.25, 0.3) is 11.8 Å². The summed E-state index contributed by atoms with van der Waals surface area (Å²) in [5, 5.41) is 5.41. The zero-order valence-electron chi connectivity index (χ0n) is 17.5. The zero-order valence-corrected chi connectivity index (χ0v) is 17.5. The number of esters is 1. The first-order valence-electron chi connectivity index (χ1n) is 9.91. The number of hydrogen-bond donors (Lipinski definition) is 2. The van der Waals surface area contributed by atoms with Crippen LogP contribution >= 0.6 is 0 Å². The molecule has 0 bridgehead atoms. The van der Waals surface area contributed by atoms with Gasteiger partial charge < -0.3 is 20.1 Å². The van der Waals surface area contributed by atoms with Crippen LogP contribution in [0.15, 0.2) is 54.6 Å². The van der Waals surface area contributed by atoms with Gasteiger partial charge in [0, 0.05) is 5.56 Å². The lowest BCUT2D eigenvalue weighted by atomic mass is 10.0. The first-order chi connectivity index (χ1) is 14.4. The average Bonchev–Trinajstić information content (AvgIpc) is 2.77. The molecule has 0 aliphatic carbocycles. The summed E-state index contributed by atoms with van der Waals surface area (Å²) in [6, 6.07) is 16.0. The number of carbonyl (C=O) groups excluding carboxylic acids is 3. The van der Waals surface area contributed by atoms with Crippen molar-refractivity contribution in [2.45, 2.75) is 38.8 Å². The Bertz CT molecular complexity index is 836. The van der Waals surface area contributed by atoms with Gasteiger partial charge in [-0.15, -0.1) is 0 Å². The molecule has 2 aromatic carbocycles. The third-order valence-corrected chi connectivity index (χ3v) is 4.52. The summed E-state index contributed by atoms with van der Waals surface area (Å²) < 4.78 is 10.2. The molecule has 0 aliphatic heterocycles. The Labute approximate surface area is 176 Å². The summed E-state index contributed by atoms with van der Waals surface area (Å²) in [5.41, 5.74) is 1.39. The molecule has 2 N–H and O–H groups in total. The van der Waals surface area contributed by atoms with E-state index in [4.69, 9.17) is 9.47 Å². The molecule has 2 unspecified atom stereocenters. The van der Waals surface area contributed by atoms with Gasteiger partial charge in [0.1, 0.15) is 12.3 Å². The number of benzene rings is 2. The second kappa shape index (κ2) is 11.6. The third-order valence-electron chi connectivity index (χ3n) is 4.52. The van der Waals surface area contributed by atoms with Gasteiger partial charge in [0.2, 0.25) is 0 Å². The minimum Gasteiger partial charge on any atom is -0.497 e. The fourth-order valence-corrected chi connectivity index (χ4v) is 2.87. The molecule has 0 fully saturated rings. The molecule has 0 saturated heterocycles. The van der Waals surface area contributed by atoms with Gasteiger partial charge in [0.15, 0.2) is 6.10 Å². The number of amides is 2. The van der Waals surface area contributed by atoms with Crippen molar-refractivity contribution < 1.29 is 23.9 Å². The van der Waals surface area contributed by atoms with Crippen molar-refractivity contribution in [1.29, 1.82) is 0 Å². The van der Waals surface area contributed by atoms with E-state index in [-0.39, 0.29) is 18.5 Å². The lowest BCUT2D eigenvalue weighted by Gasteiger charge is -2.21. The van der Waals surface area contributed by atoms with Crippen molar-refractivity contribution in [3.8, 4) is 5.75 Å². The topological polar surface area (TPSA) is 93.7 Å². The van der Waals surface area contributed by atoms with E-state index in [0.717, 1.165) is 18.4 Å². The normalized spacial score (nSPS) is 12.4. The number of ether oxygens (including phenoxy) is 2. The fourth-order valence-electron chi connectivity index (χ4n) is 2.87. The maximum atomic E-state index is 12.5. The third kappa shape index (κ3) is 6.92. The molecule has 0 saturated carbocycles. The monoisotopic (exact) mass is 412 g/mol. The quantitative estimate of drug-likeness (QED) is 0.585. The van der Waals surface area contributed by atoms with Gasteiger partial charge in [-0.2, -0.15) is 0 Å². The summed E-state index contributed by atoms with van der Waals surface area (Å²) in [6.45, 7) is 3.21. The van der Waals surface area contributed by atoms with Crippen LogP contribution in [0.1, 0.15) is 48.7 Å². The molecule has 2 aromatic rings. The van der Waals surface area contributed by atoms with Crippen molar-refractivity contribution in [3.05, 3.63) is 65.7 Å². The van der Waals surface area contributed by atoms with E-state index < -0.39 is 18.0 Å². The van der Waals surface area contributed by atoms with Crippen molar-refractivity contribution >= 4 is 17.8 Å². The molecule has 0 heterocycles. The number of carbonyl (C=O) groups is 3. The van der Waals surface area contributed by atoms with Crippen LogP contribution in [0.4, 0.5) is 0 Å². The SMILES string of the molecule is CCCC(NC(=O)C(C)OC(=O)CNC(=O)c1ccc(OC)cc1)c1ccccc1. The van der Waals surface area contributed by atoms with Crippen molar-refractivity contribution in [2.24, 2.45) is 0 Å². The lowest BCUT2D eigenvalue weighted by molar-refractivity contribution is -0.154. The van der Waals surface area contributed by atoms with E-state index in [1.54, 1.807) is 24.3 Å². The standard InChI is InChI=1S/C23H28N2O5/c1-4-8-20(17-9-6-5-7-10-17)25-22(27)16(2)30-21(26)15-24-23(28)18-11-13-19(29-3)14-12-18/h5-7,9-14,16,20H,4,8,15H2,1-3H3,(H,24,28)(H,25,27). The van der Waals surface area contributed by atoms with Gasteiger partial charge in [-0.1, -0.05) is 43.7 Å². The summed E-state index contributed by atoms with van der Waals surface area (Å²) in [7, 11) is 1.53. The highest BCUT2D eigenvalue weighted by molar-refractivity contribution is 5.96. The van der Waals surface area contributed by atoms with Crippen LogP contribution in [0.3, 0.4) is 0 Å². The Morgan fingerprint density at radius 2 is 1.67 bits per heavy atom. The van der Waals surface area contributed by atoms with Gasteiger partial charge in [-0.05, 0) is 43.2 Å². The predicted octanol–water partition coefficient (Wildman–Crippen LogP) is 3.01. The van der Waals surface area contributed by atoms with Gasteiger partial charge in [0.05, 0.1) is 13.2 Å². The van der Waals surface area contributed by atoms with Crippen LogP contribution in [0.25, 0.3) is 0 Å². The van der Waals surface area contributed by atoms with Crippen LogP contribution in [0.5, 0.6) is 5.75 Å². The Morgan fingerprint density at radius 1 is 1.00 bits per heavy atom. The second-order valence-electron chi connectivity index (χ2n) is 6.80. The molecule has 160 valence electrons. The van der Waals surface area contributed by atoms with Crippen LogP contribution < -0.4 is 15.4 Å². The van der Waals surface area contributed by atoms with E-state index in [2.05, 4.69) is 10.6 Å². The molecule has 2 rings (SSSR count). The molecule has 7 heteroatoms. The average molecular weight is 412 g/mol. The smallest absolute Gasteiger partial charge is 0.326 e. The van der Waals surface area contributed by atoms with E-state index in [0.29, 0.717) is 11.3 Å². The molecule has 0 aliphatic rings. The van der Waals surface area contributed by atoms with Crippen molar-refractivity contribution in [3.63, 3.8) is 0 Å². The van der Waals surface area contributed by atoms with E-state index >= 15 is 0 Å². The highest BCUT2D eigenvalue weighted by Gasteiger charge is 2.22. The molecule has 0 aromatic heterocycles. The number of rotatable bonds is 10. The Hall–Kier alpha value is -3.35. The van der Waals surface area contributed by atoms with E-state index in [1.165, 1.54) is 14.0 Å². The second-order valence-corrected chi connectivity index (χ2v) is 6.80. The number of nitrogens with one attached hydrogen (secondary N) is 2. The largest absolute Gasteiger partial charge is 0.497 e. The molecule has 2 amide bonds. The molecular formula is C23H28N2O5. The van der Waals surface area contributed by atoms with Gasteiger partial charge in [-0.3, -0.25) is 14.4 Å². The zero-order chi connectivity index (χ0) is 21.9. The summed E-state index contributed by atoms with van der Waals surface area (Å²) in [5.74, 6) is -0.861. The van der Waals surface area contributed by atoms with Crippen LogP contribution in [-0.2, 0) is 14.3 Å².